The monoisotopic (exact) mass is 512 g/mol. The molecule has 1 N–H and O–H groups in total. The Bertz CT molecular complexity index is 829. The molecule has 0 aliphatic rings. The van der Waals surface area contributed by atoms with Gasteiger partial charge in [-0.25, -0.2) is 5.43 Å². The lowest BCUT2D eigenvalue weighted by Gasteiger charge is -2.11. The molecule has 2 aromatic rings. The summed E-state index contributed by atoms with van der Waals surface area (Å²) in [5, 5.41) is 3.97. The quantitative estimate of drug-likeness (QED) is 0.277. The molecule has 7 heteroatoms. The predicted molar refractivity (Wildman–Crippen MR) is 109 cm³/mol. The second-order valence-electron chi connectivity index (χ2n) is 4.73. The second-order valence-corrected chi connectivity index (χ2v) is 6.83. The number of benzene rings is 2. The van der Waals surface area contributed by atoms with Gasteiger partial charge in [0.25, 0.3) is 5.91 Å². The van der Waals surface area contributed by atoms with E-state index in [1.165, 1.54) is 13.3 Å². The van der Waals surface area contributed by atoms with Gasteiger partial charge in [-0.05, 0) is 80.5 Å². The Morgan fingerprint density at radius 1 is 1.40 bits per heavy atom. The van der Waals surface area contributed by atoms with Crippen LogP contribution in [0, 0.1) is 15.9 Å². The molecule has 0 aromatic heterocycles. The van der Waals surface area contributed by atoms with Gasteiger partial charge in [-0.2, -0.15) is 5.10 Å². The summed E-state index contributed by atoms with van der Waals surface area (Å²) < 4.78 is 12.5. The summed E-state index contributed by atoms with van der Waals surface area (Å²) >= 11 is 5.59. The van der Waals surface area contributed by atoms with Crippen molar-refractivity contribution in [2.24, 2.45) is 5.10 Å². The van der Waals surface area contributed by atoms with Crippen LogP contribution >= 0.6 is 38.5 Å². The van der Waals surface area contributed by atoms with Gasteiger partial charge in [-0.15, -0.1) is 6.42 Å². The van der Waals surface area contributed by atoms with Gasteiger partial charge in [-0.1, -0.05) is 5.92 Å². The number of terminal acetylenes is 1. The molecule has 2 aromatic carbocycles. The first kappa shape index (κ1) is 19.3. The molecule has 0 bridgehead atoms. The molecular weight excluding hydrogens is 499 g/mol. The molecule has 0 heterocycles. The lowest BCUT2D eigenvalue weighted by atomic mass is 10.2. The number of rotatable bonds is 6. The summed E-state index contributed by atoms with van der Waals surface area (Å²) in [7, 11) is 1.53. The first-order chi connectivity index (χ1) is 12.0. The third kappa shape index (κ3) is 5.47. The smallest absolute Gasteiger partial charge is 0.271 e. The van der Waals surface area contributed by atoms with Crippen molar-refractivity contribution >= 4 is 50.6 Å². The van der Waals surface area contributed by atoms with Crippen LogP contribution in [0.15, 0.2) is 46.0 Å². The number of hydrogen-bond donors (Lipinski definition) is 1. The molecule has 0 atom stereocenters. The molecule has 1 amide bonds. The average molecular weight is 513 g/mol. The summed E-state index contributed by atoms with van der Waals surface area (Å²) in [6.45, 7) is 0.133. The summed E-state index contributed by atoms with van der Waals surface area (Å²) in [5.41, 5.74) is 3.75. The highest BCUT2D eigenvalue weighted by Gasteiger charge is 2.11. The van der Waals surface area contributed by atoms with Crippen molar-refractivity contribution in [3.8, 4) is 23.8 Å². The normalized spacial score (nSPS) is 10.3. The van der Waals surface area contributed by atoms with E-state index < -0.39 is 0 Å². The van der Waals surface area contributed by atoms with Crippen LogP contribution in [-0.4, -0.2) is 25.8 Å². The molecule has 0 unspecified atom stereocenters. The number of methoxy groups -OCH3 is 1. The maximum Gasteiger partial charge on any atom is 0.271 e. The van der Waals surface area contributed by atoms with E-state index in [2.05, 4.69) is 55.0 Å². The minimum Gasteiger partial charge on any atom is -0.493 e. The van der Waals surface area contributed by atoms with Gasteiger partial charge in [0.2, 0.25) is 0 Å². The van der Waals surface area contributed by atoms with E-state index in [4.69, 9.17) is 15.9 Å². The van der Waals surface area contributed by atoms with Crippen molar-refractivity contribution in [1.82, 2.24) is 5.43 Å². The predicted octanol–water partition coefficient (Wildman–Crippen LogP) is 3.84. The Hall–Kier alpha value is -2.05. The van der Waals surface area contributed by atoms with E-state index in [1.807, 2.05) is 12.1 Å². The van der Waals surface area contributed by atoms with Crippen LogP contribution in [0.4, 0.5) is 0 Å². The maximum absolute atomic E-state index is 12.0. The van der Waals surface area contributed by atoms with Crippen molar-refractivity contribution in [2.45, 2.75) is 0 Å². The molecular formula is C18H14BrIN2O3. The molecule has 25 heavy (non-hydrogen) atoms. The number of ether oxygens (including phenoxy) is 2. The van der Waals surface area contributed by atoms with Crippen molar-refractivity contribution in [2.75, 3.05) is 13.7 Å². The van der Waals surface area contributed by atoms with E-state index in [1.54, 1.807) is 24.3 Å². The maximum atomic E-state index is 12.0. The number of nitrogens with zero attached hydrogens (tertiary/aromatic N) is 1. The van der Waals surface area contributed by atoms with Crippen LogP contribution < -0.4 is 14.9 Å². The minimum absolute atomic E-state index is 0.133. The molecule has 5 nitrogen and oxygen atoms in total. The highest BCUT2D eigenvalue weighted by molar-refractivity contribution is 14.1. The second kappa shape index (κ2) is 9.44. The van der Waals surface area contributed by atoms with E-state index in [0.717, 1.165) is 9.13 Å². The largest absolute Gasteiger partial charge is 0.493 e. The van der Waals surface area contributed by atoms with Gasteiger partial charge >= 0.3 is 0 Å². The number of carbonyl (C=O) groups is 1. The summed E-state index contributed by atoms with van der Waals surface area (Å²) in [6, 6.07) is 10.7. The highest BCUT2D eigenvalue weighted by atomic mass is 127. The number of halogens is 2. The van der Waals surface area contributed by atoms with Crippen LogP contribution in [0.5, 0.6) is 11.5 Å². The standard InChI is InChI=1S/C18H14BrIN2O3/c1-3-8-25-17-15(19)9-12(10-16(17)24-2)11-21-22-18(23)13-4-6-14(20)7-5-13/h1,4-7,9-11H,8H2,2H3,(H,22,23)/b21-11-. The molecule has 0 fully saturated rings. The van der Waals surface area contributed by atoms with Gasteiger partial charge in [0.15, 0.2) is 11.5 Å². The average Bonchev–Trinajstić information content (AvgIpc) is 2.61. The zero-order chi connectivity index (χ0) is 18.2. The van der Waals surface area contributed by atoms with Gasteiger partial charge in [-0.3, -0.25) is 4.79 Å². The third-order valence-electron chi connectivity index (χ3n) is 3.04. The van der Waals surface area contributed by atoms with Crippen LogP contribution in [0.1, 0.15) is 15.9 Å². The lowest BCUT2D eigenvalue weighted by molar-refractivity contribution is 0.0955. The Balaban J connectivity index is 2.10. The lowest BCUT2D eigenvalue weighted by Crippen LogP contribution is -2.17. The van der Waals surface area contributed by atoms with Crippen LogP contribution in [0.25, 0.3) is 0 Å². The van der Waals surface area contributed by atoms with Crippen LogP contribution in [0.3, 0.4) is 0 Å². The molecule has 2 rings (SSSR count). The van der Waals surface area contributed by atoms with Gasteiger partial charge in [0.05, 0.1) is 17.8 Å². The molecule has 0 spiro atoms. The van der Waals surface area contributed by atoms with Crippen LogP contribution in [0.2, 0.25) is 0 Å². The van der Waals surface area contributed by atoms with Crippen LogP contribution in [-0.2, 0) is 0 Å². The molecule has 0 radical (unpaired) electrons. The highest BCUT2D eigenvalue weighted by Crippen LogP contribution is 2.36. The van der Waals surface area contributed by atoms with Crippen molar-refractivity contribution in [3.63, 3.8) is 0 Å². The Labute approximate surface area is 168 Å². The fourth-order valence-corrected chi connectivity index (χ4v) is 2.83. The first-order valence-electron chi connectivity index (χ1n) is 7.08. The fraction of sp³-hybridized carbons (Fsp3) is 0.111. The number of hydrogen-bond acceptors (Lipinski definition) is 4. The van der Waals surface area contributed by atoms with Crippen molar-refractivity contribution < 1.29 is 14.3 Å². The number of nitrogens with one attached hydrogen (secondary N) is 1. The first-order valence-corrected chi connectivity index (χ1v) is 8.95. The number of amides is 1. The number of carbonyl (C=O) groups excluding carboxylic acids is 1. The molecule has 0 aliphatic carbocycles. The van der Waals surface area contributed by atoms with Gasteiger partial charge < -0.3 is 9.47 Å². The van der Waals surface area contributed by atoms with Gasteiger partial charge in [0, 0.05) is 9.13 Å². The molecule has 0 aliphatic heterocycles. The Morgan fingerprint density at radius 2 is 2.12 bits per heavy atom. The molecule has 0 saturated heterocycles. The van der Waals surface area contributed by atoms with E-state index in [0.29, 0.717) is 21.5 Å². The Kier molecular flexibility index (Phi) is 7.28. The summed E-state index contributed by atoms with van der Waals surface area (Å²) in [5.74, 6) is 3.14. The summed E-state index contributed by atoms with van der Waals surface area (Å²) in [6.07, 6.45) is 6.72. The van der Waals surface area contributed by atoms with Gasteiger partial charge in [0.1, 0.15) is 6.61 Å². The molecule has 128 valence electrons. The zero-order valence-electron chi connectivity index (χ0n) is 13.3. The van der Waals surface area contributed by atoms with Crippen molar-refractivity contribution in [3.05, 3.63) is 55.6 Å². The van der Waals surface area contributed by atoms with E-state index >= 15 is 0 Å². The zero-order valence-corrected chi connectivity index (χ0v) is 17.0. The Morgan fingerprint density at radius 3 is 2.76 bits per heavy atom. The number of hydrazone groups is 1. The minimum atomic E-state index is -0.285. The third-order valence-corrected chi connectivity index (χ3v) is 4.35. The topological polar surface area (TPSA) is 59.9 Å². The van der Waals surface area contributed by atoms with Crippen molar-refractivity contribution in [1.29, 1.82) is 0 Å². The fourth-order valence-electron chi connectivity index (χ4n) is 1.90. The summed E-state index contributed by atoms with van der Waals surface area (Å²) in [4.78, 5) is 12.0. The van der Waals surface area contributed by atoms with E-state index in [-0.39, 0.29) is 12.5 Å². The SMILES string of the molecule is C#CCOc1c(Br)cc(/C=N\NC(=O)c2ccc(I)cc2)cc1OC. The van der Waals surface area contributed by atoms with E-state index in [9.17, 15) is 4.79 Å². The molecule has 0 saturated carbocycles.